The molecule has 0 radical (unpaired) electrons. The Hall–Kier alpha value is -0.0800. The Bertz CT molecular complexity index is 199. The lowest BCUT2D eigenvalue weighted by molar-refractivity contribution is 0.265. The van der Waals surface area contributed by atoms with E-state index in [1.54, 1.807) is 0 Å². The van der Waals surface area contributed by atoms with Crippen molar-refractivity contribution < 1.29 is 0 Å². The average molecular weight is 238 g/mol. The third-order valence-corrected chi connectivity index (χ3v) is 4.88. The van der Waals surface area contributed by atoms with Crippen molar-refractivity contribution in [3.63, 3.8) is 0 Å². The molecule has 2 heteroatoms. The highest BCUT2D eigenvalue weighted by atomic mass is 14.9. The monoisotopic (exact) mass is 238 g/mol. The van der Waals surface area contributed by atoms with Crippen molar-refractivity contribution in [1.29, 1.82) is 0 Å². The third-order valence-electron chi connectivity index (χ3n) is 4.88. The first-order valence-electron chi connectivity index (χ1n) is 7.83. The molecular weight excluding hydrogens is 208 g/mol. The number of hydrogen-bond donors (Lipinski definition) is 2. The summed E-state index contributed by atoms with van der Waals surface area (Å²) >= 11 is 0. The van der Waals surface area contributed by atoms with Gasteiger partial charge in [-0.15, -0.1) is 0 Å². The minimum absolute atomic E-state index is 0.720. The molecule has 2 aliphatic rings. The molecule has 2 rings (SSSR count). The molecule has 0 aliphatic heterocycles. The summed E-state index contributed by atoms with van der Waals surface area (Å²) in [5, 5.41) is 3.77. The van der Waals surface area contributed by atoms with Gasteiger partial charge < -0.3 is 11.1 Å². The maximum absolute atomic E-state index is 5.86. The van der Waals surface area contributed by atoms with Crippen molar-refractivity contribution in [3.05, 3.63) is 0 Å². The minimum Gasteiger partial charge on any atom is -0.330 e. The van der Waals surface area contributed by atoms with E-state index in [9.17, 15) is 0 Å². The van der Waals surface area contributed by atoms with Crippen molar-refractivity contribution in [3.8, 4) is 0 Å². The number of rotatable bonds is 6. The Balaban J connectivity index is 1.56. The molecule has 2 unspecified atom stereocenters. The summed E-state index contributed by atoms with van der Waals surface area (Å²) in [6, 6.07) is 0.720. The molecule has 17 heavy (non-hydrogen) atoms. The quantitative estimate of drug-likeness (QED) is 0.698. The van der Waals surface area contributed by atoms with Crippen LogP contribution in [-0.4, -0.2) is 19.1 Å². The molecule has 3 N–H and O–H groups in total. The lowest BCUT2D eigenvalue weighted by Crippen LogP contribution is -2.42. The second-order valence-electron chi connectivity index (χ2n) is 6.13. The fourth-order valence-electron chi connectivity index (χ4n) is 3.74. The molecule has 100 valence electrons. The van der Waals surface area contributed by atoms with Crippen LogP contribution in [0.25, 0.3) is 0 Å². The fraction of sp³-hybridized carbons (Fsp3) is 1.00. The van der Waals surface area contributed by atoms with E-state index in [0.29, 0.717) is 0 Å². The molecule has 0 bridgehead atoms. The third kappa shape index (κ3) is 4.26. The van der Waals surface area contributed by atoms with Crippen molar-refractivity contribution in [2.24, 2.45) is 17.6 Å². The van der Waals surface area contributed by atoms with Gasteiger partial charge in [-0.05, 0) is 50.6 Å². The molecule has 2 saturated carbocycles. The van der Waals surface area contributed by atoms with Gasteiger partial charge in [-0.25, -0.2) is 0 Å². The van der Waals surface area contributed by atoms with Crippen LogP contribution in [0.1, 0.15) is 64.2 Å². The van der Waals surface area contributed by atoms with E-state index < -0.39 is 0 Å². The van der Waals surface area contributed by atoms with Crippen LogP contribution in [0.3, 0.4) is 0 Å². The summed E-state index contributed by atoms with van der Waals surface area (Å²) in [5.74, 6) is 1.80. The Morgan fingerprint density at radius 2 is 1.65 bits per heavy atom. The van der Waals surface area contributed by atoms with Gasteiger partial charge in [0.05, 0.1) is 0 Å². The zero-order valence-corrected chi connectivity index (χ0v) is 11.3. The maximum Gasteiger partial charge on any atom is 0.0107 e. The number of nitrogens with two attached hydrogens (primary N) is 1. The molecule has 0 aromatic carbocycles. The highest BCUT2D eigenvalue weighted by molar-refractivity contribution is 4.81. The molecule has 2 nitrogen and oxygen atoms in total. The van der Waals surface area contributed by atoms with Crippen molar-refractivity contribution in [1.82, 2.24) is 5.32 Å². The molecule has 0 amide bonds. The van der Waals surface area contributed by atoms with E-state index in [0.717, 1.165) is 24.4 Å². The van der Waals surface area contributed by atoms with Crippen LogP contribution >= 0.6 is 0 Å². The molecule has 0 aromatic heterocycles. The Kier molecular flexibility index (Phi) is 5.79. The summed E-state index contributed by atoms with van der Waals surface area (Å²) in [7, 11) is 0. The van der Waals surface area contributed by atoms with Crippen molar-refractivity contribution in [2.45, 2.75) is 70.3 Å². The van der Waals surface area contributed by atoms with Gasteiger partial charge in [-0.2, -0.15) is 0 Å². The highest BCUT2D eigenvalue weighted by Gasteiger charge is 2.23. The first-order valence-corrected chi connectivity index (χ1v) is 7.83. The summed E-state index contributed by atoms with van der Waals surface area (Å²) in [6.45, 7) is 2.10. The second-order valence-corrected chi connectivity index (χ2v) is 6.13. The average Bonchev–Trinajstić information content (AvgIpc) is 2.88. The lowest BCUT2D eigenvalue weighted by Gasteiger charge is -2.31. The Morgan fingerprint density at radius 3 is 2.41 bits per heavy atom. The van der Waals surface area contributed by atoms with Crippen LogP contribution in [0.2, 0.25) is 0 Å². The van der Waals surface area contributed by atoms with Gasteiger partial charge in [0, 0.05) is 6.04 Å². The van der Waals surface area contributed by atoms with E-state index in [2.05, 4.69) is 5.32 Å². The van der Waals surface area contributed by atoms with Crippen LogP contribution in [0, 0.1) is 11.8 Å². The van der Waals surface area contributed by atoms with Crippen LogP contribution in [0.4, 0.5) is 0 Å². The topological polar surface area (TPSA) is 38.0 Å². The minimum atomic E-state index is 0.720. The smallest absolute Gasteiger partial charge is 0.0107 e. The molecular formula is C15H30N2. The Labute approximate surface area is 107 Å². The van der Waals surface area contributed by atoms with E-state index in [-0.39, 0.29) is 0 Å². The van der Waals surface area contributed by atoms with E-state index in [1.807, 2.05) is 0 Å². The van der Waals surface area contributed by atoms with Gasteiger partial charge >= 0.3 is 0 Å². The van der Waals surface area contributed by atoms with Gasteiger partial charge in [0.15, 0.2) is 0 Å². The maximum atomic E-state index is 5.86. The van der Waals surface area contributed by atoms with Crippen LogP contribution in [-0.2, 0) is 0 Å². The zero-order valence-electron chi connectivity index (χ0n) is 11.3. The predicted molar refractivity (Wildman–Crippen MR) is 74.0 cm³/mol. The summed E-state index contributed by atoms with van der Waals surface area (Å²) in [4.78, 5) is 0. The molecule has 0 aromatic rings. The zero-order chi connectivity index (χ0) is 11.9. The molecule has 2 fully saturated rings. The fourth-order valence-corrected chi connectivity index (χ4v) is 3.74. The molecule has 0 heterocycles. The van der Waals surface area contributed by atoms with Gasteiger partial charge in [-0.1, -0.05) is 38.5 Å². The lowest BCUT2D eigenvalue weighted by atomic mass is 9.84. The molecule has 0 saturated heterocycles. The highest BCUT2D eigenvalue weighted by Crippen LogP contribution is 2.28. The normalized spacial score (nSPS) is 30.9. The first kappa shape index (κ1) is 13.4. The number of nitrogens with one attached hydrogen (secondary N) is 1. The standard InChI is InChI=1S/C15H30N2/c16-12-14-9-3-4-10-15(14)17-11-5-8-13-6-1-2-7-13/h13-15,17H,1-12,16H2. The largest absolute Gasteiger partial charge is 0.330 e. The summed E-state index contributed by atoms with van der Waals surface area (Å²) < 4.78 is 0. The van der Waals surface area contributed by atoms with Gasteiger partial charge in [-0.3, -0.25) is 0 Å². The SMILES string of the molecule is NCC1CCCCC1NCCCC1CCCC1. The van der Waals surface area contributed by atoms with Crippen molar-refractivity contribution >= 4 is 0 Å². The molecule has 2 atom stereocenters. The van der Waals surface area contributed by atoms with Gasteiger partial charge in [0.25, 0.3) is 0 Å². The van der Waals surface area contributed by atoms with Crippen LogP contribution < -0.4 is 11.1 Å². The van der Waals surface area contributed by atoms with E-state index in [4.69, 9.17) is 5.73 Å². The van der Waals surface area contributed by atoms with E-state index in [1.165, 1.54) is 70.8 Å². The van der Waals surface area contributed by atoms with Crippen molar-refractivity contribution in [2.75, 3.05) is 13.1 Å². The van der Waals surface area contributed by atoms with Gasteiger partial charge in [0.1, 0.15) is 0 Å². The molecule has 2 aliphatic carbocycles. The van der Waals surface area contributed by atoms with Crippen LogP contribution in [0.15, 0.2) is 0 Å². The van der Waals surface area contributed by atoms with Crippen LogP contribution in [0.5, 0.6) is 0 Å². The number of hydrogen-bond acceptors (Lipinski definition) is 2. The van der Waals surface area contributed by atoms with E-state index >= 15 is 0 Å². The summed E-state index contributed by atoms with van der Waals surface area (Å²) in [5.41, 5.74) is 5.86. The van der Waals surface area contributed by atoms with Gasteiger partial charge in [0.2, 0.25) is 0 Å². The molecule has 0 spiro atoms. The Morgan fingerprint density at radius 1 is 0.941 bits per heavy atom. The first-order chi connectivity index (χ1) is 8.40. The predicted octanol–water partition coefficient (Wildman–Crippen LogP) is 3.06. The second kappa shape index (κ2) is 7.38. The summed E-state index contributed by atoms with van der Waals surface area (Å²) in [6.07, 6.45) is 14.3.